The van der Waals surface area contributed by atoms with Crippen molar-refractivity contribution in [2.45, 2.75) is 83.2 Å². The van der Waals surface area contributed by atoms with Crippen molar-refractivity contribution >= 4 is 47.4 Å². The number of carbonyl (C=O) groups excluding carboxylic acids is 6. The van der Waals surface area contributed by atoms with Crippen LogP contribution in [0.2, 0.25) is 0 Å². The number of alkyl halides is 1. The van der Waals surface area contributed by atoms with E-state index in [1.54, 1.807) is 30.3 Å². The summed E-state index contributed by atoms with van der Waals surface area (Å²) in [5.74, 6) is -4.90. The van der Waals surface area contributed by atoms with E-state index in [4.69, 9.17) is 40.0 Å². The fourth-order valence-corrected chi connectivity index (χ4v) is 4.37. The molecule has 6 atom stereocenters. The van der Waals surface area contributed by atoms with Crippen molar-refractivity contribution in [3.8, 4) is 0 Å². The lowest BCUT2D eigenvalue weighted by molar-refractivity contribution is -0.226. The van der Waals surface area contributed by atoms with E-state index in [0.29, 0.717) is 5.56 Å². The second-order valence-corrected chi connectivity index (χ2v) is 9.59. The molecule has 13 nitrogen and oxygen atoms in total. The van der Waals surface area contributed by atoms with E-state index in [1.165, 1.54) is 6.92 Å². The lowest BCUT2D eigenvalue weighted by atomic mass is 9.89. The van der Waals surface area contributed by atoms with Crippen LogP contribution in [0.1, 0.15) is 46.6 Å². The highest BCUT2D eigenvalue weighted by molar-refractivity contribution is 6.32. The van der Waals surface area contributed by atoms with Gasteiger partial charge in [-0.2, -0.15) is 0 Å². The lowest BCUT2D eigenvalue weighted by Crippen LogP contribution is -2.67. The monoisotopic (exact) mass is 585 g/mol. The molecular weight excluding hydrogens is 554 g/mol. The average Bonchev–Trinajstić information content (AvgIpc) is 2.85. The topological polar surface area (TPSA) is 170 Å². The summed E-state index contributed by atoms with van der Waals surface area (Å²) in [6.07, 6.45) is -6.45. The van der Waals surface area contributed by atoms with Gasteiger partial charge < -0.3 is 33.7 Å². The standard InChI is InChI=1S/C26H32ClNO12/c1-14(29)28-22-20(37-16(3)31)11-26(27,25(34)36-12-19-9-7-6-8-10-19)40-24(22)23(39-18(5)33)21(38-17(4)32)13-35-15(2)30/h6-10,20-24H,11-13H2,1-5H3,(H,28,29)/t20-,21+,22+,23+,24+,26-/m0/s1. The number of benzene rings is 1. The SMILES string of the molecule is CC(=O)N[C@H]1[C@H]([C@H](OC(C)=O)[C@@H](COC(C)=O)OC(C)=O)O[C@](Cl)(C(=O)OCc2ccccc2)C[C@@H]1OC(C)=O. The summed E-state index contributed by atoms with van der Waals surface area (Å²) in [5, 5.41) is 0.247. The van der Waals surface area contributed by atoms with Gasteiger partial charge in [0, 0.05) is 41.0 Å². The van der Waals surface area contributed by atoms with Crippen LogP contribution in [-0.2, 0) is 63.8 Å². The Bertz CT molecular complexity index is 1100. The number of halogens is 1. The van der Waals surface area contributed by atoms with Gasteiger partial charge in [-0.05, 0) is 5.56 Å². The molecule has 0 unspecified atom stereocenters. The van der Waals surface area contributed by atoms with E-state index in [-0.39, 0.29) is 6.61 Å². The van der Waals surface area contributed by atoms with Crippen molar-refractivity contribution in [1.29, 1.82) is 0 Å². The maximum absolute atomic E-state index is 13.2. The van der Waals surface area contributed by atoms with Crippen molar-refractivity contribution in [2.24, 2.45) is 0 Å². The third-order valence-corrected chi connectivity index (χ3v) is 5.90. The third kappa shape index (κ3) is 9.79. The van der Waals surface area contributed by atoms with Gasteiger partial charge in [0.2, 0.25) is 11.0 Å². The number of hydrogen-bond donors (Lipinski definition) is 1. The number of nitrogens with one attached hydrogen (secondary N) is 1. The van der Waals surface area contributed by atoms with Crippen LogP contribution in [0.4, 0.5) is 0 Å². The largest absolute Gasteiger partial charge is 0.462 e. The average molecular weight is 586 g/mol. The van der Waals surface area contributed by atoms with Gasteiger partial charge in [-0.1, -0.05) is 41.9 Å². The van der Waals surface area contributed by atoms with Gasteiger partial charge in [0.1, 0.15) is 25.4 Å². The van der Waals surface area contributed by atoms with Gasteiger partial charge in [0.25, 0.3) is 0 Å². The molecule has 1 aliphatic heterocycles. The van der Waals surface area contributed by atoms with E-state index in [9.17, 15) is 28.8 Å². The molecule has 1 amide bonds. The van der Waals surface area contributed by atoms with Crippen molar-refractivity contribution < 1.29 is 57.2 Å². The van der Waals surface area contributed by atoms with Crippen LogP contribution in [0.25, 0.3) is 0 Å². The normalized spacial score (nSPS) is 23.5. The van der Waals surface area contributed by atoms with Gasteiger partial charge in [0.05, 0.1) is 6.04 Å². The minimum Gasteiger partial charge on any atom is -0.462 e. The second-order valence-electron chi connectivity index (χ2n) is 8.98. The van der Waals surface area contributed by atoms with Gasteiger partial charge in [-0.15, -0.1) is 0 Å². The second kappa shape index (κ2) is 14.6. The lowest BCUT2D eigenvalue weighted by Gasteiger charge is -2.46. The zero-order valence-corrected chi connectivity index (χ0v) is 23.4. The summed E-state index contributed by atoms with van der Waals surface area (Å²) in [4.78, 5) is 73.0. The van der Waals surface area contributed by atoms with Crippen LogP contribution in [0.3, 0.4) is 0 Å². The molecule has 14 heteroatoms. The summed E-state index contributed by atoms with van der Waals surface area (Å²) >= 11 is 6.65. The first-order valence-electron chi connectivity index (χ1n) is 12.2. The van der Waals surface area contributed by atoms with Gasteiger partial charge in [-0.25, -0.2) is 4.79 Å². The minimum atomic E-state index is -2.31. The number of amides is 1. The van der Waals surface area contributed by atoms with Crippen LogP contribution in [0.15, 0.2) is 30.3 Å². The number of carbonyl (C=O) groups is 6. The minimum absolute atomic E-state index is 0.175. The Kier molecular flexibility index (Phi) is 11.9. The fraction of sp³-hybridized carbons (Fsp3) is 0.538. The molecule has 1 fully saturated rings. The molecule has 1 aromatic rings. The van der Waals surface area contributed by atoms with Crippen molar-refractivity contribution in [3.05, 3.63) is 35.9 Å². The van der Waals surface area contributed by atoms with Gasteiger partial charge in [0.15, 0.2) is 12.2 Å². The van der Waals surface area contributed by atoms with Crippen molar-refractivity contribution in [1.82, 2.24) is 5.32 Å². The maximum atomic E-state index is 13.2. The molecule has 1 N–H and O–H groups in total. The van der Waals surface area contributed by atoms with Crippen molar-refractivity contribution in [2.75, 3.05) is 6.61 Å². The Labute approximate surface area is 235 Å². The molecule has 1 aromatic carbocycles. The first-order chi connectivity index (χ1) is 18.7. The van der Waals surface area contributed by atoms with Gasteiger partial charge in [-0.3, -0.25) is 24.0 Å². The highest BCUT2D eigenvalue weighted by Gasteiger charge is 2.57. The predicted molar refractivity (Wildman–Crippen MR) is 135 cm³/mol. The van der Waals surface area contributed by atoms with Crippen molar-refractivity contribution in [3.63, 3.8) is 0 Å². The maximum Gasteiger partial charge on any atom is 0.354 e. The Morgan fingerprint density at radius 1 is 0.925 bits per heavy atom. The summed E-state index contributed by atoms with van der Waals surface area (Å²) in [6.45, 7) is 4.72. The molecule has 0 aliphatic carbocycles. The van der Waals surface area contributed by atoms with Gasteiger partial charge >= 0.3 is 29.8 Å². The molecule has 1 saturated heterocycles. The summed E-state index contributed by atoms with van der Waals surface area (Å²) < 4.78 is 32.4. The van der Waals surface area contributed by atoms with Crippen LogP contribution >= 0.6 is 11.6 Å². The molecule has 1 heterocycles. The molecule has 2 rings (SSSR count). The molecule has 0 radical (unpaired) electrons. The molecule has 1 aliphatic rings. The highest BCUT2D eigenvalue weighted by atomic mass is 35.5. The summed E-state index contributed by atoms with van der Waals surface area (Å²) in [7, 11) is 0. The summed E-state index contributed by atoms with van der Waals surface area (Å²) in [6, 6.07) is 7.41. The first-order valence-corrected chi connectivity index (χ1v) is 12.6. The number of rotatable bonds is 11. The molecule has 0 spiro atoms. The molecule has 220 valence electrons. The quantitative estimate of drug-likeness (QED) is 0.225. The highest BCUT2D eigenvalue weighted by Crippen LogP contribution is 2.38. The number of esters is 5. The molecule has 40 heavy (non-hydrogen) atoms. The van der Waals surface area contributed by atoms with E-state index >= 15 is 0 Å². The molecular formula is C26H32ClNO12. The van der Waals surface area contributed by atoms with Crippen LogP contribution < -0.4 is 5.32 Å². The smallest absolute Gasteiger partial charge is 0.354 e. The predicted octanol–water partition coefficient (Wildman–Crippen LogP) is 1.32. The van der Waals surface area contributed by atoms with E-state index in [1.807, 2.05) is 0 Å². The fourth-order valence-electron chi connectivity index (χ4n) is 4.06. The zero-order chi connectivity index (χ0) is 30.0. The Morgan fingerprint density at radius 2 is 1.55 bits per heavy atom. The Hall–Kier alpha value is -3.71. The Balaban J connectivity index is 2.56. The molecule has 0 saturated carbocycles. The summed E-state index contributed by atoms with van der Waals surface area (Å²) in [5.41, 5.74) is 0.644. The van der Waals surface area contributed by atoms with E-state index < -0.39 is 84.3 Å². The zero-order valence-electron chi connectivity index (χ0n) is 22.7. The van der Waals surface area contributed by atoms with Crippen LogP contribution in [0.5, 0.6) is 0 Å². The van der Waals surface area contributed by atoms with E-state index in [2.05, 4.69) is 5.32 Å². The van der Waals surface area contributed by atoms with E-state index in [0.717, 1.165) is 27.7 Å². The Morgan fingerprint density at radius 3 is 2.08 bits per heavy atom. The number of hydrogen-bond acceptors (Lipinski definition) is 12. The van der Waals surface area contributed by atoms with Crippen LogP contribution in [-0.4, -0.2) is 77.9 Å². The number of ether oxygens (including phenoxy) is 6. The first kappa shape index (κ1) is 32.5. The van der Waals surface area contributed by atoms with Crippen LogP contribution in [0, 0.1) is 0 Å². The molecule has 0 aromatic heterocycles. The molecule has 0 bridgehead atoms. The third-order valence-electron chi connectivity index (χ3n) is 5.51.